The molecule has 1 amide bonds. The van der Waals surface area contributed by atoms with Gasteiger partial charge in [-0.3, -0.25) is 4.79 Å². The molecule has 0 aliphatic heterocycles. The largest absolute Gasteiger partial charge is 0.384 e. The molecule has 1 rings (SSSR count). The van der Waals surface area contributed by atoms with Crippen molar-refractivity contribution in [1.82, 2.24) is 10.6 Å². The van der Waals surface area contributed by atoms with Crippen molar-refractivity contribution in [2.24, 2.45) is 0 Å². The normalized spacial score (nSPS) is 12.3. The number of hydrogen-bond acceptors (Lipinski definition) is 5. The molecule has 0 bridgehead atoms. The molecule has 1 aromatic carbocycles. The summed E-state index contributed by atoms with van der Waals surface area (Å²) in [5.41, 5.74) is 0.434. The fraction of sp³-hybridized carbons (Fsp3) is 0.500. The zero-order valence-corrected chi connectivity index (χ0v) is 14.6. The highest BCUT2D eigenvalue weighted by Gasteiger charge is 2.15. The summed E-state index contributed by atoms with van der Waals surface area (Å²) >= 11 is 0. The van der Waals surface area contributed by atoms with Crippen LogP contribution in [-0.2, 0) is 14.6 Å². The summed E-state index contributed by atoms with van der Waals surface area (Å²) in [4.78, 5) is 12.1. The van der Waals surface area contributed by atoms with Crippen LogP contribution < -0.4 is 10.6 Å². The van der Waals surface area contributed by atoms with Crippen molar-refractivity contribution in [3.05, 3.63) is 29.8 Å². The van der Waals surface area contributed by atoms with Crippen molar-refractivity contribution >= 4 is 28.2 Å². The van der Waals surface area contributed by atoms with Crippen LogP contribution in [0.4, 0.5) is 0 Å². The van der Waals surface area contributed by atoms with E-state index in [2.05, 4.69) is 10.6 Å². The van der Waals surface area contributed by atoms with Gasteiger partial charge < -0.3 is 15.4 Å². The molecule has 6 nitrogen and oxygen atoms in total. The second-order valence-electron chi connectivity index (χ2n) is 4.74. The number of sulfone groups is 1. The fourth-order valence-electron chi connectivity index (χ4n) is 1.57. The minimum absolute atomic E-state index is 0. The SMILES string of the molecule is CNC(C)CNC(=O)c1ccc(S(=O)(=O)CCOC)cc1.Cl. The Hall–Kier alpha value is -1.15. The summed E-state index contributed by atoms with van der Waals surface area (Å²) in [6.45, 7) is 2.60. The minimum Gasteiger partial charge on any atom is -0.384 e. The minimum atomic E-state index is -3.36. The van der Waals surface area contributed by atoms with Gasteiger partial charge in [-0.2, -0.15) is 0 Å². The second-order valence-corrected chi connectivity index (χ2v) is 6.84. The maximum Gasteiger partial charge on any atom is 0.251 e. The van der Waals surface area contributed by atoms with Gasteiger partial charge in [-0.1, -0.05) is 0 Å². The van der Waals surface area contributed by atoms with E-state index in [1.54, 1.807) is 0 Å². The van der Waals surface area contributed by atoms with Crippen LogP contribution in [-0.4, -0.2) is 53.4 Å². The lowest BCUT2D eigenvalue weighted by molar-refractivity contribution is 0.0950. The third-order valence-corrected chi connectivity index (χ3v) is 4.79. The molecule has 0 aromatic heterocycles. The van der Waals surface area contributed by atoms with Gasteiger partial charge in [-0.15, -0.1) is 12.4 Å². The zero-order valence-electron chi connectivity index (χ0n) is 13.0. The van der Waals surface area contributed by atoms with Crippen LogP contribution in [0.1, 0.15) is 17.3 Å². The zero-order chi connectivity index (χ0) is 15.9. The van der Waals surface area contributed by atoms with E-state index >= 15 is 0 Å². The number of rotatable bonds is 8. The molecule has 0 saturated heterocycles. The number of amides is 1. The highest BCUT2D eigenvalue weighted by atomic mass is 35.5. The number of halogens is 1. The molecule has 8 heteroatoms. The summed E-state index contributed by atoms with van der Waals surface area (Å²) in [6.07, 6.45) is 0. The first kappa shape index (κ1) is 20.9. The predicted molar refractivity (Wildman–Crippen MR) is 88.5 cm³/mol. The number of hydrogen-bond donors (Lipinski definition) is 2. The van der Waals surface area contributed by atoms with Crippen molar-refractivity contribution in [2.75, 3.05) is 33.1 Å². The molecule has 1 unspecified atom stereocenters. The molecule has 0 fully saturated rings. The molecule has 0 heterocycles. The summed E-state index contributed by atoms with van der Waals surface area (Å²) in [5.74, 6) is -0.299. The third-order valence-electron chi connectivity index (χ3n) is 3.09. The molecule has 22 heavy (non-hydrogen) atoms. The topological polar surface area (TPSA) is 84.5 Å². The van der Waals surface area contributed by atoms with Gasteiger partial charge in [0, 0.05) is 25.3 Å². The number of ether oxygens (including phenoxy) is 1. The summed E-state index contributed by atoms with van der Waals surface area (Å²) in [5, 5.41) is 5.79. The molecule has 126 valence electrons. The van der Waals surface area contributed by atoms with E-state index in [9.17, 15) is 13.2 Å². The Bertz CT molecular complexity index is 561. The fourth-order valence-corrected chi connectivity index (χ4v) is 2.75. The number of carbonyl (C=O) groups is 1. The molecule has 0 spiro atoms. The number of methoxy groups -OCH3 is 1. The maximum atomic E-state index is 11.9. The standard InChI is InChI=1S/C14H22N2O4S.ClH/c1-11(15-2)10-16-14(17)12-4-6-13(7-5-12)21(18,19)9-8-20-3;/h4-7,11,15H,8-10H2,1-3H3,(H,16,17);1H. The smallest absolute Gasteiger partial charge is 0.251 e. The maximum absolute atomic E-state index is 11.9. The molecule has 0 aliphatic rings. The second kappa shape index (κ2) is 9.78. The van der Waals surface area contributed by atoms with Gasteiger partial charge in [0.1, 0.15) is 0 Å². The van der Waals surface area contributed by atoms with Crippen molar-refractivity contribution in [1.29, 1.82) is 0 Å². The quantitative estimate of drug-likeness (QED) is 0.726. The molecule has 1 aromatic rings. The average molecular weight is 351 g/mol. The first-order chi connectivity index (χ1) is 9.90. The Morgan fingerprint density at radius 1 is 1.27 bits per heavy atom. The van der Waals surface area contributed by atoms with Crippen LogP contribution in [0.25, 0.3) is 0 Å². The van der Waals surface area contributed by atoms with Crippen molar-refractivity contribution in [3.8, 4) is 0 Å². The van der Waals surface area contributed by atoms with Gasteiger partial charge in [-0.05, 0) is 38.2 Å². The average Bonchev–Trinajstić information content (AvgIpc) is 2.50. The highest BCUT2D eigenvalue weighted by Crippen LogP contribution is 2.12. The number of likely N-dealkylation sites (N-methyl/N-ethyl adjacent to an activating group) is 1. The molecule has 0 radical (unpaired) electrons. The Morgan fingerprint density at radius 3 is 2.36 bits per heavy atom. The lowest BCUT2D eigenvalue weighted by Gasteiger charge is -2.11. The van der Waals surface area contributed by atoms with E-state index in [1.807, 2.05) is 14.0 Å². The summed E-state index contributed by atoms with van der Waals surface area (Å²) in [6, 6.07) is 6.09. The van der Waals surface area contributed by atoms with E-state index in [4.69, 9.17) is 4.74 Å². The van der Waals surface area contributed by atoms with Crippen molar-refractivity contribution in [3.63, 3.8) is 0 Å². The Kier molecular flexibility index (Phi) is 9.27. The summed E-state index contributed by atoms with van der Waals surface area (Å²) < 4.78 is 28.7. The van der Waals surface area contributed by atoms with E-state index in [1.165, 1.54) is 31.4 Å². The first-order valence-corrected chi connectivity index (χ1v) is 8.33. The molecule has 2 N–H and O–H groups in total. The molecule has 1 atom stereocenters. The Morgan fingerprint density at radius 2 is 1.86 bits per heavy atom. The third kappa shape index (κ3) is 6.31. The van der Waals surface area contributed by atoms with Crippen molar-refractivity contribution < 1.29 is 17.9 Å². The van der Waals surface area contributed by atoms with Crippen molar-refractivity contribution in [2.45, 2.75) is 17.9 Å². The number of carbonyl (C=O) groups excluding carboxylic acids is 1. The van der Waals surface area contributed by atoms with Gasteiger partial charge in [-0.25, -0.2) is 8.42 Å². The Balaban J connectivity index is 0.00000441. The van der Waals surface area contributed by atoms with Crippen LogP contribution in [0.2, 0.25) is 0 Å². The lowest BCUT2D eigenvalue weighted by atomic mass is 10.2. The molecular formula is C14H23ClN2O4S. The van der Waals surface area contributed by atoms with Gasteiger partial charge in [0.25, 0.3) is 5.91 Å². The van der Waals surface area contributed by atoms with Gasteiger partial charge >= 0.3 is 0 Å². The predicted octanol–water partition coefficient (Wildman–Crippen LogP) is 0.866. The number of nitrogens with one attached hydrogen (secondary N) is 2. The summed E-state index contributed by atoms with van der Waals surface area (Å²) in [7, 11) is -0.0918. The van der Waals surface area contributed by atoms with E-state index < -0.39 is 9.84 Å². The molecule has 0 aliphatic carbocycles. The molecular weight excluding hydrogens is 328 g/mol. The molecule has 0 saturated carbocycles. The van der Waals surface area contributed by atoms with Crippen LogP contribution in [0.15, 0.2) is 29.2 Å². The highest BCUT2D eigenvalue weighted by molar-refractivity contribution is 7.91. The van der Waals surface area contributed by atoms with Crippen LogP contribution in [0.3, 0.4) is 0 Å². The van der Waals surface area contributed by atoms with Crippen LogP contribution in [0, 0.1) is 0 Å². The number of benzene rings is 1. The van der Waals surface area contributed by atoms with Gasteiger partial charge in [0.05, 0.1) is 17.3 Å². The van der Waals surface area contributed by atoms with E-state index in [0.717, 1.165) is 0 Å². The van der Waals surface area contributed by atoms with E-state index in [0.29, 0.717) is 12.1 Å². The van der Waals surface area contributed by atoms with Crippen LogP contribution >= 0.6 is 12.4 Å². The van der Waals surface area contributed by atoms with E-state index in [-0.39, 0.29) is 41.6 Å². The Labute approximate surface area is 138 Å². The van der Waals surface area contributed by atoms with Gasteiger partial charge in [0.2, 0.25) is 0 Å². The lowest BCUT2D eigenvalue weighted by Crippen LogP contribution is -2.37. The first-order valence-electron chi connectivity index (χ1n) is 6.68. The monoisotopic (exact) mass is 350 g/mol. The van der Waals surface area contributed by atoms with Crippen LogP contribution in [0.5, 0.6) is 0 Å². The van der Waals surface area contributed by atoms with Gasteiger partial charge in [0.15, 0.2) is 9.84 Å².